The molecule has 1 saturated carbocycles. The third kappa shape index (κ3) is 2.05. The monoisotopic (exact) mass is 243 g/mol. The van der Waals surface area contributed by atoms with E-state index in [9.17, 15) is 4.79 Å². The molecule has 2 fully saturated rings. The van der Waals surface area contributed by atoms with Gasteiger partial charge in [0.1, 0.15) is 0 Å². The summed E-state index contributed by atoms with van der Waals surface area (Å²) in [5, 5.41) is 0. The molecule has 0 bridgehead atoms. The Balaban J connectivity index is 1.94. The molecule has 1 N–H and O–H groups in total. The Labute approximate surface area is 107 Å². The van der Waals surface area contributed by atoms with Gasteiger partial charge in [-0.3, -0.25) is 4.79 Å². The van der Waals surface area contributed by atoms with Crippen LogP contribution in [0.1, 0.15) is 44.1 Å². The number of rotatable bonds is 1. The van der Waals surface area contributed by atoms with Crippen LogP contribution in [0.3, 0.4) is 0 Å². The Hall–Kier alpha value is -1.64. The quantitative estimate of drug-likeness (QED) is 0.754. The summed E-state index contributed by atoms with van der Waals surface area (Å²) < 4.78 is 2.07. The normalized spacial score (nSPS) is 24.4. The number of nitrogens with zero attached hydrogens (tertiary/aromatic N) is 1. The molecule has 1 aromatic rings. The van der Waals surface area contributed by atoms with Gasteiger partial charge in [-0.2, -0.15) is 0 Å². The Morgan fingerprint density at radius 1 is 1.11 bits per heavy atom. The molecule has 0 atom stereocenters. The topological polar surface area (TPSA) is 32.1 Å². The highest BCUT2D eigenvalue weighted by molar-refractivity contribution is 5.81. The summed E-state index contributed by atoms with van der Waals surface area (Å²) in [4.78, 5) is 11.7. The van der Waals surface area contributed by atoms with Gasteiger partial charge in [0, 0.05) is 18.4 Å². The zero-order valence-electron chi connectivity index (χ0n) is 10.6. The molecule has 18 heavy (non-hydrogen) atoms. The van der Waals surface area contributed by atoms with E-state index in [4.69, 9.17) is 0 Å². The Morgan fingerprint density at radius 2 is 1.83 bits per heavy atom. The molecule has 94 valence electrons. The van der Waals surface area contributed by atoms with Crippen LogP contribution < -0.4 is 5.43 Å². The summed E-state index contributed by atoms with van der Waals surface area (Å²) >= 11 is 0. The number of hydrazine groups is 1. The van der Waals surface area contributed by atoms with Crippen molar-refractivity contribution in [1.29, 1.82) is 0 Å². The van der Waals surface area contributed by atoms with E-state index in [0.717, 1.165) is 18.4 Å². The Morgan fingerprint density at radius 3 is 2.56 bits per heavy atom. The Kier molecular flexibility index (Phi) is 2.90. The first-order valence-corrected chi connectivity index (χ1v) is 6.77. The summed E-state index contributed by atoms with van der Waals surface area (Å²) in [5.74, 6) is 0.157. The molecule has 0 unspecified atom stereocenters. The lowest BCUT2D eigenvalue weighted by atomic mass is 9.80. The van der Waals surface area contributed by atoms with E-state index in [1.807, 2.05) is 18.2 Å². The lowest BCUT2D eigenvalue weighted by Gasteiger charge is -2.26. The van der Waals surface area contributed by atoms with Crippen LogP contribution in [0, 0.1) is 0 Å². The van der Waals surface area contributed by atoms with E-state index in [0.29, 0.717) is 6.42 Å². The van der Waals surface area contributed by atoms with Crippen molar-refractivity contribution in [2.45, 2.75) is 44.1 Å². The second kappa shape index (κ2) is 4.56. The third-order valence-electron chi connectivity index (χ3n) is 4.11. The summed E-state index contributed by atoms with van der Waals surface area (Å²) in [7, 11) is 0. The highest BCUT2D eigenvalue weighted by Gasteiger charge is 2.51. The molecule has 1 aromatic carbocycles. The zero-order valence-corrected chi connectivity index (χ0v) is 10.6. The molecule has 1 spiro atoms. The SMILES string of the molecule is O=C1CC2(CCCCC2)/[N+](=C/c2ccccc2)N1. The van der Waals surface area contributed by atoms with Gasteiger partial charge < -0.3 is 0 Å². The highest BCUT2D eigenvalue weighted by atomic mass is 16.2. The van der Waals surface area contributed by atoms with E-state index in [-0.39, 0.29) is 11.4 Å². The van der Waals surface area contributed by atoms with Gasteiger partial charge in [0.25, 0.3) is 5.91 Å². The van der Waals surface area contributed by atoms with Gasteiger partial charge in [-0.1, -0.05) is 24.6 Å². The molecule has 3 rings (SSSR count). The average Bonchev–Trinajstić information content (AvgIpc) is 2.67. The van der Waals surface area contributed by atoms with Crippen molar-refractivity contribution in [3.05, 3.63) is 35.9 Å². The van der Waals surface area contributed by atoms with Crippen molar-refractivity contribution < 1.29 is 9.48 Å². The van der Waals surface area contributed by atoms with Crippen molar-refractivity contribution in [2.75, 3.05) is 0 Å². The maximum Gasteiger partial charge on any atom is 0.281 e. The minimum atomic E-state index is 0.0329. The number of amides is 1. The maximum atomic E-state index is 11.7. The fourth-order valence-electron chi connectivity index (χ4n) is 3.16. The first-order chi connectivity index (χ1) is 8.78. The molecule has 0 radical (unpaired) electrons. The summed E-state index contributed by atoms with van der Waals surface area (Å²) in [6.07, 6.45) is 8.73. The minimum absolute atomic E-state index is 0.0329. The number of benzene rings is 1. The fraction of sp³-hybridized carbons (Fsp3) is 0.467. The Bertz CT molecular complexity index is 473. The van der Waals surface area contributed by atoms with E-state index in [2.05, 4.69) is 28.5 Å². The lowest BCUT2D eigenvalue weighted by molar-refractivity contribution is -0.632. The molecule has 2 aliphatic rings. The molecule has 1 aliphatic heterocycles. The van der Waals surface area contributed by atoms with Crippen LogP contribution in [-0.2, 0) is 4.79 Å². The number of hydrogen-bond donors (Lipinski definition) is 1. The molecular formula is C15H19N2O+. The number of hydrogen-bond acceptors (Lipinski definition) is 1. The minimum Gasteiger partial charge on any atom is -0.269 e. The molecule has 1 heterocycles. The molecule has 3 heteroatoms. The van der Waals surface area contributed by atoms with Crippen molar-refractivity contribution >= 4 is 12.1 Å². The fourth-order valence-corrected chi connectivity index (χ4v) is 3.16. The van der Waals surface area contributed by atoms with Crippen LogP contribution in [0.15, 0.2) is 30.3 Å². The zero-order chi connectivity index (χ0) is 12.4. The first-order valence-electron chi connectivity index (χ1n) is 6.77. The van der Waals surface area contributed by atoms with E-state index >= 15 is 0 Å². The molecule has 1 amide bonds. The first kappa shape index (κ1) is 11.5. The van der Waals surface area contributed by atoms with Crippen LogP contribution in [0.5, 0.6) is 0 Å². The van der Waals surface area contributed by atoms with Crippen molar-refractivity contribution in [2.24, 2.45) is 0 Å². The summed E-state index contributed by atoms with van der Waals surface area (Å²) in [5.41, 5.74) is 4.18. The number of hydrazone groups is 1. The van der Waals surface area contributed by atoms with Gasteiger partial charge in [-0.15, -0.1) is 10.1 Å². The largest absolute Gasteiger partial charge is 0.281 e. The number of carbonyl (C=O) groups is 1. The van der Waals surface area contributed by atoms with Gasteiger partial charge in [0.2, 0.25) is 6.21 Å². The summed E-state index contributed by atoms with van der Waals surface area (Å²) in [6, 6.07) is 10.2. The highest BCUT2D eigenvalue weighted by Crippen LogP contribution is 2.36. The van der Waals surface area contributed by atoms with E-state index in [1.165, 1.54) is 19.3 Å². The second-order valence-corrected chi connectivity index (χ2v) is 5.41. The standard InChI is InChI=1S/C15H18N2O/c18-14-11-15(9-5-2-6-10-15)17(16-14)12-13-7-3-1-4-8-13/h1,3-4,7-8,12H,2,5-6,9-11H2/p+1/b17-12-. The predicted octanol–water partition coefficient (Wildman–Crippen LogP) is 2.26. The second-order valence-electron chi connectivity index (χ2n) is 5.41. The number of nitrogens with one attached hydrogen (secondary N) is 1. The molecule has 1 aliphatic carbocycles. The lowest BCUT2D eigenvalue weighted by Crippen LogP contribution is -2.43. The van der Waals surface area contributed by atoms with Crippen molar-refractivity contribution in [3.8, 4) is 0 Å². The predicted molar refractivity (Wildman–Crippen MR) is 70.4 cm³/mol. The molecular weight excluding hydrogens is 224 g/mol. The molecule has 0 aromatic heterocycles. The van der Waals surface area contributed by atoms with Gasteiger partial charge in [-0.25, -0.2) is 0 Å². The molecule has 3 nitrogen and oxygen atoms in total. The summed E-state index contributed by atoms with van der Waals surface area (Å²) in [6.45, 7) is 0. The smallest absolute Gasteiger partial charge is 0.269 e. The average molecular weight is 243 g/mol. The van der Waals surface area contributed by atoms with Crippen molar-refractivity contribution in [3.63, 3.8) is 0 Å². The molecule has 1 saturated heterocycles. The third-order valence-corrected chi connectivity index (χ3v) is 4.11. The van der Waals surface area contributed by atoms with Crippen LogP contribution in [-0.4, -0.2) is 22.3 Å². The van der Waals surface area contributed by atoms with Gasteiger partial charge in [-0.05, 0) is 25.0 Å². The van der Waals surface area contributed by atoms with Gasteiger partial charge >= 0.3 is 0 Å². The number of carbonyl (C=O) groups excluding carboxylic acids is 1. The maximum absolute atomic E-state index is 11.7. The van der Waals surface area contributed by atoms with Crippen LogP contribution in [0.2, 0.25) is 0 Å². The van der Waals surface area contributed by atoms with Crippen LogP contribution >= 0.6 is 0 Å². The van der Waals surface area contributed by atoms with Gasteiger partial charge in [0.05, 0.1) is 6.42 Å². The van der Waals surface area contributed by atoms with E-state index in [1.54, 1.807) is 0 Å². The van der Waals surface area contributed by atoms with Crippen LogP contribution in [0.25, 0.3) is 0 Å². The van der Waals surface area contributed by atoms with Crippen LogP contribution in [0.4, 0.5) is 0 Å². The van der Waals surface area contributed by atoms with Crippen molar-refractivity contribution in [1.82, 2.24) is 5.43 Å². The van der Waals surface area contributed by atoms with Gasteiger partial charge in [0.15, 0.2) is 5.54 Å². The van der Waals surface area contributed by atoms with E-state index < -0.39 is 0 Å².